The summed E-state index contributed by atoms with van der Waals surface area (Å²) in [4.78, 5) is 15.2. The molecular weight excluding hydrogens is 443 g/mol. The molecule has 2 saturated heterocycles. The lowest BCUT2D eigenvalue weighted by molar-refractivity contribution is -0.137. The van der Waals surface area contributed by atoms with Crippen LogP contribution in [-0.2, 0) is 14.8 Å². The van der Waals surface area contributed by atoms with E-state index in [1.165, 1.54) is 22.0 Å². The molecule has 0 aliphatic carbocycles. The van der Waals surface area contributed by atoms with E-state index in [9.17, 15) is 13.2 Å². The Bertz CT molecular complexity index is 1020. The van der Waals surface area contributed by atoms with Crippen LogP contribution in [0.4, 0.5) is 0 Å². The topological polar surface area (TPSA) is 57.7 Å². The quantitative estimate of drug-likeness (QED) is 0.652. The van der Waals surface area contributed by atoms with Gasteiger partial charge in [-0.25, -0.2) is 8.42 Å². The fourth-order valence-corrected chi connectivity index (χ4v) is 6.65. The maximum absolute atomic E-state index is 13.2. The minimum Gasteiger partial charge on any atom is -0.335 e. The number of piperidine rings is 1. The molecule has 5 nitrogen and oxygen atoms in total. The lowest BCUT2D eigenvalue weighted by Gasteiger charge is -2.34. The number of amides is 1. The van der Waals surface area contributed by atoms with Crippen molar-refractivity contribution >= 4 is 39.1 Å². The molecule has 0 bridgehead atoms. The van der Waals surface area contributed by atoms with Crippen LogP contribution in [0.1, 0.15) is 37.3 Å². The Morgan fingerprint density at radius 2 is 1.63 bits per heavy atom. The number of likely N-dealkylation sites (tertiary alicyclic amines) is 1. The highest BCUT2D eigenvalue weighted by molar-refractivity contribution is 7.89. The van der Waals surface area contributed by atoms with Gasteiger partial charge in [0, 0.05) is 30.6 Å². The highest BCUT2D eigenvalue weighted by Gasteiger charge is 2.38. The summed E-state index contributed by atoms with van der Waals surface area (Å²) in [5.74, 6) is -0.0187. The first-order valence-electron chi connectivity index (χ1n) is 10.2. The predicted octanol–water partition coefficient (Wildman–Crippen LogP) is 4.76. The molecule has 8 heteroatoms. The summed E-state index contributed by atoms with van der Waals surface area (Å²) in [5.41, 5.74) is 1.17. The fraction of sp³-hybridized carbons (Fsp3) is 0.409. The third kappa shape index (κ3) is 4.24. The van der Waals surface area contributed by atoms with E-state index in [1.807, 2.05) is 23.1 Å². The van der Waals surface area contributed by atoms with E-state index in [0.717, 1.165) is 19.4 Å². The molecule has 2 fully saturated rings. The summed E-state index contributed by atoms with van der Waals surface area (Å²) in [6, 6.07) is 14.7. The lowest BCUT2D eigenvalue weighted by Crippen LogP contribution is -2.44. The van der Waals surface area contributed by atoms with Crippen molar-refractivity contribution < 1.29 is 13.2 Å². The van der Waals surface area contributed by atoms with E-state index in [1.54, 1.807) is 6.07 Å². The molecule has 4 rings (SSSR count). The predicted molar refractivity (Wildman–Crippen MR) is 118 cm³/mol. The molecule has 160 valence electrons. The summed E-state index contributed by atoms with van der Waals surface area (Å²) in [6.07, 6.45) is 2.98. The summed E-state index contributed by atoms with van der Waals surface area (Å²) in [7, 11) is -3.75. The third-order valence-electron chi connectivity index (χ3n) is 6.03. The molecule has 0 N–H and O–H groups in total. The van der Waals surface area contributed by atoms with E-state index in [2.05, 4.69) is 12.1 Å². The molecule has 0 saturated carbocycles. The zero-order chi connectivity index (χ0) is 21.3. The molecular formula is C22H24Cl2N2O3S. The zero-order valence-corrected chi connectivity index (χ0v) is 18.8. The first-order chi connectivity index (χ1) is 14.4. The molecule has 2 aliphatic rings. The zero-order valence-electron chi connectivity index (χ0n) is 16.5. The number of halogens is 2. The van der Waals surface area contributed by atoms with Crippen molar-refractivity contribution in [1.29, 1.82) is 0 Å². The van der Waals surface area contributed by atoms with Gasteiger partial charge in [-0.3, -0.25) is 4.79 Å². The number of benzene rings is 2. The van der Waals surface area contributed by atoms with Gasteiger partial charge in [0.25, 0.3) is 0 Å². The van der Waals surface area contributed by atoms with Gasteiger partial charge in [0.05, 0.1) is 11.1 Å². The Morgan fingerprint density at radius 3 is 2.33 bits per heavy atom. The number of rotatable bonds is 4. The smallest absolute Gasteiger partial charge is 0.244 e. The van der Waals surface area contributed by atoms with Gasteiger partial charge in [-0.15, -0.1) is 0 Å². The fourth-order valence-electron chi connectivity index (χ4n) is 4.44. The van der Waals surface area contributed by atoms with E-state index in [4.69, 9.17) is 23.2 Å². The van der Waals surface area contributed by atoms with Gasteiger partial charge in [0.15, 0.2) is 0 Å². The molecule has 2 aromatic rings. The van der Waals surface area contributed by atoms with Crippen LogP contribution in [0, 0.1) is 5.92 Å². The Hall–Kier alpha value is -1.60. The first-order valence-corrected chi connectivity index (χ1v) is 12.4. The van der Waals surface area contributed by atoms with Crippen LogP contribution >= 0.6 is 23.2 Å². The SMILES string of the molecule is O=C(C1CCN(S(=O)(=O)c2cc(Cl)ccc2Cl)CC1)N1CCCC1c1ccccc1. The largest absolute Gasteiger partial charge is 0.335 e. The summed E-state index contributed by atoms with van der Waals surface area (Å²) in [5, 5.41) is 0.476. The van der Waals surface area contributed by atoms with Crippen molar-refractivity contribution in [2.24, 2.45) is 5.92 Å². The first kappa shape index (κ1) is 21.6. The van der Waals surface area contributed by atoms with Crippen molar-refractivity contribution in [3.05, 3.63) is 64.1 Å². The summed E-state index contributed by atoms with van der Waals surface area (Å²) in [6.45, 7) is 1.35. The molecule has 1 amide bonds. The van der Waals surface area contributed by atoms with Crippen molar-refractivity contribution in [2.75, 3.05) is 19.6 Å². The van der Waals surface area contributed by atoms with Crippen LogP contribution in [0.5, 0.6) is 0 Å². The Kier molecular flexibility index (Phi) is 6.39. The van der Waals surface area contributed by atoms with E-state index < -0.39 is 10.0 Å². The number of carbonyl (C=O) groups is 1. The van der Waals surface area contributed by atoms with Gasteiger partial charge in [0.2, 0.25) is 15.9 Å². The van der Waals surface area contributed by atoms with E-state index >= 15 is 0 Å². The van der Waals surface area contributed by atoms with E-state index in [-0.39, 0.29) is 27.8 Å². The van der Waals surface area contributed by atoms with E-state index in [0.29, 0.717) is 31.0 Å². The maximum Gasteiger partial charge on any atom is 0.244 e. The van der Waals surface area contributed by atoms with Gasteiger partial charge in [-0.2, -0.15) is 4.31 Å². The molecule has 2 aromatic carbocycles. The highest BCUT2D eigenvalue weighted by Crippen LogP contribution is 2.35. The number of nitrogens with zero attached hydrogens (tertiary/aromatic N) is 2. The maximum atomic E-state index is 13.2. The molecule has 2 aliphatic heterocycles. The molecule has 0 spiro atoms. The number of hydrogen-bond acceptors (Lipinski definition) is 3. The van der Waals surface area contributed by atoms with Gasteiger partial charge >= 0.3 is 0 Å². The second-order valence-corrected chi connectivity index (χ2v) is 10.6. The van der Waals surface area contributed by atoms with Crippen molar-refractivity contribution in [1.82, 2.24) is 9.21 Å². The van der Waals surface area contributed by atoms with Crippen molar-refractivity contribution in [3.63, 3.8) is 0 Å². The van der Waals surface area contributed by atoms with Gasteiger partial charge in [-0.05, 0) is 49.4 Å². The second kappa shape index (κ2) is 8.87. The average molecular weight is 467 g/mol. The molecule has 1 atom stereocenters. The molecule has 2 heterocycles. The average Bonchev–Trinajstić information content (AvgIpc) is 3.25. The number of carbonyl (C=O) groups excluding carboxylic acids is 1. The normalized spacial score (nSPS) is 21.1. The molecule has 1 unspecified atom stereocenters. The molecule has 0 radical (unpaired) electrons. The number of hydrogen-bond donors (Lipinski definition) is 0. The Balaban J connectivity index is 1.44. The Morgan fingerprint density at radius 1 is 0.933 bits per heavy atom. The van der Waals surface area contributed by atoms with Gasteiger partial charge in [0.1, 0.15) is 4.90 Å². The van der Waals surface area contributed by atoms with Crippen LogP contribution in [0.15, 0.2) is 53.4 Å². The number of sulfonamides is 1. The second-order valence-electron chi connectivity index (χ2n) is 7.85. The Labute approximate surface area is 187 Å². The highest BCUT2D eigenvalue weighted by atomic mass is 35.5. The lowest BCUT2D eigenvalue weighted by atomic mass is 9.95. The standard InChI is InChI=1S/C22H24Cl2N2O3S/c23-18-8-9-19(24)21(15-18)30(28,29)25-13-10-17(11-14-25)22(27)26-12-4-7-20(26)16-5-2-1-3-6-16/h1-3,5-6,8-9,15,17,20H,4,7,10-14H2. The van der Waals surface area contributed by atoms with Crippen LogP contribution in [-0.4, -0.2) is 43.2 Å². The van der Waals surface area contributed by atoms with Crippen LogP contribution in [0.2, 0.25) is 10.0 Å². The van der Waals surface area contributed by atoms with Gasteiger partial charge in [-0.1, -0.05) is 53.5 Å². The monoisotopic (exact) mass is 466 g/mol. The third-order valence-corrected chi connectivity index (χ3v) is 8.65. The molecule has 0 aromatic heterocycles. The van der Waals surface area contributed by atoms with Crippen molar-refractivity contribution in [3.8, 4) is 0 Å². The van der Waals surface area contributed by atoms with Crippen LogP contribution in [0.25, 0.3) is 0 Å². The van der Waals surface area contributed by atoms with Crippen LogP contribution < -0.4 is 0 Å². The molecule has 30 heavy (non-hydrogen) atoms. The van der Waals surface area contributed by atoms with Crippen LogP contribution in [0.3, 0.4) is 0 Å². The summed E-state index contributed by atoms with van der Waals surface area (Å²) >= 11 is 12.1. The minimum absolute atomic E-state index is 0.0186. The van der Waals surface area contributed by atoms with Gasteiger partial charge < -0.3 is 4.90 Å². The van der Waals surface area contributed by atoms with Crippen molar-refractivity contribution in [2.45, 2.75) is 36.6 Å². The summed E-state index contributed by atoms with van der Waals surface area (Å²) < 4.78 is 27.4. The minimum atomic E-state index is -3.75.